The minimum atomic E-state index is -0.384. The van der Waals surface area contributed by atoms with Gasteiger partial charge in [0.05, 0.1) is 11.9 Å². The zero-order valence-corrected chi connectivity index (χ0v) is 12.2. The van der Waals surface area contributed by atoms with Crippen LogP contribution >= 0.6 is 0 Å². The van der Waals surface area contributed by atoms with Crippen molar-refractivity contribution in [3.05, 3.63) is 66.3 Å². The highest BCUT2D eigenvalue weighted by molar-refractivity contribution is 6.03. The van der Waals surface area contributed by atoms with Gasteiger partial charge in [-0.15, -0.1) is 0 Å². The third-order valence-electron chi connectivity index (χ3n) is 2.92. The number of nitrogens with two attached hydrogens (primary N) is 1. The Labute approximate surface area is 129 Å². The van der Waals surface area contributed by atoms with Gasteiger partial charge in [0.15, 0.2) is 0 Å². The highest BCUT2D eigenvalue weighted by Gasteiger charge is 2.12. The molecule has 0 spiro atoms. The van der Waals surface area contributed by atoms with Gasteiger partial charge >= 0.3 is 0 Å². The number of rotatable bonds is 6. The molecule has 0 saturated carbocycles. The number of amides is 1. The lowest BCUT2D eigenvalue weighted by Crippen LogP contribution is -2.28. The predicted molar refractivity (Wildman–Crippen MR) is 85.1 cm³/mol. The number of likely N-dealkylation sites (N-methyl/N-ethyl adjacent to an activating group) is 1. The molecular weight excluding hydrogens is 280 g/mol. The minimum absolute atomic E-state index is 0.0789. The Morgan fingerprint density at radius 1 is 1.23 bits per heavy atom. The Kier molecular flexibility index (Phi) is 5.37. The first-order valence-corrected chi connectivity index (χ1v) is 6.76. The molecule has 0 saturated heterocycles. The van der Waals surface area contributed by atoms with E-state index in [1.165, 1.54) is 0 Å². The van der Waals surface area contributed by atoms with Crippen LogP contribution in [-0.4, -0.2) is 24.5 Å². The molecule has 22 heavy (non-hydrogen) atoms. The van der Waals surface area contributed by atoms with Gasteiger partial charge in [-0.25, -0.2) is 0 Å². The fourth-order valence-electron chi connectivity index (χ4n) is 1.73. The van der Waals surface area contributed by atoms with E-state index in [0.29, 0.717) is 17.1 Å². The molecular formula is C16H18N4O2. The molecule has 2 aromatic rings. The van der Waals surface area contributed by atoms with E-state index >= 15 is 0 Å². The molecule has 6 heteroatoms. The maximum absolute atomic E-state index is 12.1. The zero-order valence-electron chi connectivity index (χ0n) is 12.2. The van der Waals surface area contributed by atoms with Crippen LogP contribution in [0.5, 0.6) is 5.75 Å². The first-order chi connectivity index (χ1) is 10.7. The number of nitrogens with zero attached hydrogens (tertiary/aromatic N) is 1. The molecule has 1 heterocycles. The molecule has 1 amide bonds. The molecule has 0 aliphatic carbocycles. The molecule has 4 N–H and O–H groups in total. The van der Waals surface area contributed by atoms with E-state index in [2.05, 4.69) is 15.6 Å². The quantitative estimate of drug-likeness (QED) is 0.703. The Balaban J connectivity index is 2.02. The highest BCUT2D eigenvalue weighted by atomic mass is 16.5. The van der Waals surface area contributed by atoms with Gasteiger partial charge in [-0.05, 0) is 24.3 Å². The van der Waals surface area contributed by atoms with E-state index in [1.807, 2.05) is 18.2 Å². The summed E-state index contributed by atoms with van der Waals surface area (Å²) in [5, 5.41) is 5.61. The average molecular weight is 298 g/mol. The molecule has 1 aromatic carbocycles. The summed E-state index contributed by atoms with van der Waals surface area (Å²) < 4.78 is 5.54. The molecule has 0 fully saturated rings. The van der Waals surface area contributed by atoms with Gasteiger partial charge in [0, 0.05) is 18.9 Å². The number of aromatic nitrogens is 1. The Hall–Kier alpha value is -3.02. The van der Waals surface area contributed by atoms with Gasteiger partial charge in [-0.1, -0.05) is 18.2 Å². The van der Waals surface area contributed by atoms with Crippen molar-refractivity contribution in [1.82, 2.24) is 10.3 Å². The van der Waals surface area contributed by atoms with Gasteiger partial charge in [-0.3, -0.25) is 9.78 Å². The number of para-hydroxylation sites is 1. The molecule has 6 nitrogen and oxygen atoms in total. The molecule has 0 bridgehead atoms. The number of ether oxygens (including phenoxy) is 1. The second-order valence-electron chi connectivity index (χ2n) is 4.44. The lowest BCUT2D eigenvalue weighted by atomic mass is 10.3. The van der Waals surface area contributed by atoms with E-state index in [1.54, 1.807) is 43.7 Å². The van der Waals surface area contributed by atoms with Crippen LogP contribution in [0.2, 0.25) is 0 Å². The predicted octanol–water partition coefficient (Wildman–Crippen LogP) is 1.49. The van der Waals surface area contributed by atoms with E-state index in [9.17, 15) is 4.79 Å². The number of carbonyl (C=O) groups is 1. The summed E-state index contributed by atoms with van der Waals surface area (Å²) in [6, 6.07) is 12.7. The fourth-order valence-corrected chi connectivity index (χ4v) is 1.73. The fraction of sp³-hybridized carbons (Fsp3) is 0.125. The van der Waals surface area contributed by atoms with Crippen LogP contribution in [-0.2, 0) is 4.79 Å². The second kappa shape index (κ2) is 7.68. The van der Waals surface area contributed by atoms with Crippen LogP contribution in [0.15, 0.2) is 66.3 Å². The SMILES string of the molecule is CN/C(COc1cccnc1)=C(/N)C(=O)Nc1ccccc1. The lowest BCUT2D eigenvalue weighted by Gasteiger charge is -2.13. The average Bonchev–Trinajstić information content (AvgIpc) is 2.57. The normalized spacial score (nSPS) is 11.3. The monoisotopic (exact) mass is 298 g/mol. The van der Waals surface area contributed by atoms with Crippen LogP contribution in [0.3, 0.4) is 0 Å². The topological polar surface area (TPSA) is 89.3 Å². The largest absolute Gasteiger partial charge is 0.486 e. The molecule has 0 aliphatic heterocycles. The van der Waals surface area contributed by atoms with Crippen LogP contribution in [0, 0.1) is 0 Å². The maximum atomic E-state index is 12.1. The molecule has 0 atom stereocenters. The standard InChI is InChI=1S/C16H18N4O2/c1-18-14(11-22-13-8-5-9-19-10-13)15(17)16(21)20-12-6-3-2-4-7-12/h2-10,18H,11,17H2,1H3,(H,20,21)/b15-14+. The van der Waals surface area contributed by atoms with Gasteiger partial charge in [0.25, 0.3) is 5.91 Å². The van der Waals surface area contributed by atoms with Gasteiger partial charge in [-0.2, -0.15) is 0 Å². The van der Waals surface area contributed by atoms with Crippen molar-refractivity contribution in [2.24, 2.45) is 5.73 Å². The molecule has 2 rings (SSSR count). The van der Waals surface area contributed by atoms with Crippen molar-refractivity contribution in [1.29, 1.82) is 0 Å². The minimum Gasteiger partial charge on any atom is -0.486 e. The highest BCUT2D eigenvalue weighted by Crippen LogP contribution is 2.10. The van der Waals surface area contributed by atoms with E-state index in [4.69, 9.17) is 10.5 Å². The number of nitrogens with one attached hydrogen (secondary N) is 2. The second-order valence-corrected chi connectivity index (χ2v) is 4.44. The summed E-state index contributed by atoms with van der Waals surface area (Å²) in [5.74, 6) is 0.219. The van der Waals surface area contributed by atoms with Crippen LogP contribution < -0.4 is 21.1 Å². The van der Waals surface area contributed by atoms with E-state index in [0.717, 1.165) is 0 Å². The summed E-state index contributed by atoms with van der Waals surface area (Å²) in [6.07, 6.45) is 3.25. The van der Waals surface area contributed by atoms with Crippen LogP contribution in [0.1, 0.15) is 0 Å². The summed E-state index contributed by atoms with van der Waals surface area (Å²) in [5.41, 5.74) is 7.15. The first-order valence-electron chi connectivity index (χ1n) is 6.76. The smallest absolute Gasteiger partial charge is 0.273 e. The Bertz CT molecular complexity index is 642. The van der Waals surface area contributed by atoms with Gasteiger partial charge < -0.3 is 21.1 Å². The van der Waals surface area contributed by atoms with Crippen molar-refractivity contribution in [3.63, 3.8) is 0 Å². The van der Waals surface area contributed by atoms with Gasteiger partial charge in [0.1, 0.15) is 18.1 Å². The first kappa shape index (κ1) is 15.4. The Morgan fingerprint density at radius 2 is 2.00 bits per heavy atom. The summed E-state index contributed by atoms with van der Waals surface area (Å²) in [6.45, 7) is 0.149. The number of pyridine rings is 1. The molecule has 0 aliphatic rings. The number of hydrogen-bond donors (Lipinski definition) is 3. The van der Waals surface area contributed by atoms with Crippen LogP contribution in [0.25, 0.3) is 0 Å². The lowest BCUT2D eigenvalue weighted by molar-refractivity contribution is -0.113. The van der Waals surface area contributed by atoms with E-state index < -0.39 is 0 Å². The third-order valence-corrected chi connectivity index (χ3v) is 2.92. The Morgan fingerprint density at radius 3 is 2.64 bits per heavy atom. The molecule has 114 valence electrons. The zero-order chi connectivity index (χ0) is 15.8. The van der Waals surface area contributed by atoms with Crippen molar-refractivity contribution in [2.45, 2.75) is 0 Å². The maximum Gasteiger partial charge on any atom is 0.273 e. The summed E-state index contributed by atoms with van der Waals surface area (Å²) in [7, 11) is 1.69. The van der Waals surface area contributed by atoms with Crippen molar-refractivity contribution >= 4 is 11.6 Å². The van der Waals surface area contributed by atoms with E-state index in [-0.39, 0.29) is 18.2 Å². The van der Waals surface area contributed by atoms with Crippen molar-refractivity contribution in [2.75, 3.05) is 19.0 Å². The molecule has 0 radical (unpaired) electrons. The van der Waals surface area contributed by atoms with Crippen molar-refractivity contribution < 1.29 is 9.53 Å². The van der Waals surface area contributed by atoms with Crippen LogP contribution in [0.4, 0.5) is 5.69 Å². The summed E-state index contributed by atoms with van der Waals surface area (Å²) >= 11 is 0. The van der Waals surface area contributed by atoms with Gasteiger partial charge in [0.2, 0.25) is 0 Å². The summed E-state index contributed by atoms with van der Waals surface area (Å²) in [4.78, 5) is 16.1. The number of hydrogen-bond acceptors (Lipinski definition) is 5. The number of anilines is 1. The third kappa shape index (κ3) is 4.24. The molecule has 0 unspecified atom stereocenters. The number of carbonyl (C=O) groups excluding carboxylic acids is 1. The van der Waals surface area contributed by atoms with Crippen molar-refractivity contribution in [3.8, 4) is 5.75 Å². The number of benzene rings is 1. The molecule has 1 aromatic heterocycles.